The molecule has 1 aliphatic rings. The lowest BCUT2D eigenvalue weighted by Gasteiger charge is -2.18. The summed E-state index contributed by atoms with van der Waals surface area (Å²) in [6.07, 6.45) is 3.85. The minimum atomic E-state index is 0.196. The second-order valence-electron chi connectivity index (χ2n) is 5.58. The lowest BCUT2D eigenvalue weighted by atomic mass is 10.1. The van der Waals surface area contributed by atoms with Crippen molar-refractivity contribution in [2.45, 2.75) is 51.9 Å². The van der Waals surface area contributed by atoms with Crippen molar-refractivity contribution < 1.29 is 14.2 Å². The summed E-state index contributed by atoms with van der Waals surface area (Å²) in [7, 11) is 1.68. The van der Waals surface area contributed by atoms with Crippen LogP contribution in [-0.2, 0) is 11.3 Å². The van der Waals surface area contributed by atoms with Crippen LogP contribution < -0.4 is 14.8 Å². The molecule has 1 heterocycles. The van der Waals surface area contributed by atoms with Gasteiger partial charge < -0.3 is 19.5 Å². The molecule has 2 rings (SSSR count). The molecule has 2 unspecified atom stereocenters. The van der Waals surface area contributed by atoms with Gasteiger partial charge in [0.2, 0.25) is 0 Å². The molecular formula is C17H27NO3. The number of ether oxygens (including phenoxy) is 3. The lowest BCUT2D eigenvalue weighted by molar-refractivity contribution is 0.0257. The third-order valence-corrected chi connectivity index (χ3v) is 3.76. The van der Waals surface area contributed by atoms with Crippen LogP contribution in [0, 0.1) is 0 Å². The van der Waals surface area contributed by atoms with E-state index in [1.54, 1.807) is 7.11 Å². The summed E-state index contributed by atoms with van der Waals surface area (Å²) in [5.74, 6) is 1.63. The Hall–Kier alpha value is -1.26. The normalized spacial score (nSPS) is 21.5. The van der Waals surface area contributed by atoms with Crippen LogP contribution in [0.5, 0.6) is 11.5 Å². The predicted octanol–water partition coefficient (Wildman–Crippen LogP) is 3.14. The van der Waals surface area contributed by atoms with Gasteiger partial charge in [0.25, 0.3) is 0 Å². The smallest absolute Gasteiger partial charge is 0.165 e. The molecule has 0 bridgehead atoms. The maximum absolute atomic E-state index is 6.03. The highest BCUT2D eigenvalue weighted by atomic mass is 16.6. The molecule has 1 fully saturated rings. The first-order valence-electron chi connectivity index (χ1n) is 7.89. The maximum atomic E-state index is 6.03. The minimum absolute atomic E-state index is 0.196. The third kappa shape index (κ3) is 4.61. The van der Waals surface area contributed by atoms with Crippen molar-refractivity contribution in [2.24, 2.45) is 0 Å². The summed E-state index contributed by atoms with van der Waals surface area (Å²) in [5, 5.41) is 3.41. The Morgan fingerprint density at radius 1 is 1.33 bits per heavy atom. The predicted molar refractivity (Wildman–Crippen MR) is 84.1 cm³/mol. The molecule has 0 spiro atoms. The van der Waals surface area contributed by atoms with Crippen LogP contribution in [-0.4, -0.2) is 32.5 Å². The molecule has 0 aliphatic carbocycles. The van der Waals surface area contributed by atoms with E-state index < -0.39 is 0 Å². The molecule has 21 heavy (non-hydrogen) atoms. The fraction of sp³-hybridized carbons (Fsp3) is 0.647. The average Bonchev–Trinajstić information content (AvgIpc) is 2.91. The number of methoxy groups -OCH3 is 1. The first-order valence-corrected chi connectivity index (χ1v) is 7.89. The van der Waals surface area contributed by atoms with Gasteiger partial charge in [0.15, 0.2) is 11.5 Å². The largest absolute Gasteiger partial charge is 0.493 e. The second-order valence-corrected chi connectivity index (χ2v) is 5.58. The molecule has 1 aliphatic heterocycles. The topological polar surface area (TPSA) is 39.7 Å². The second kappa shape index (κ2) is 8.25. The highest BCUT2D eigenvalue weighted by molar-refractivity contribution is 5.46. The van der Waals surface area contributed by atoms with Crippen molar-refractivity contribution in [3.05, 3.63) is 23.8 Å². The van der Waals surface area contributed by atoms with Crippen LogP contribution in [0.25, 0.3) is 0 Å². The Morgan fingerprint density at radius 3 is 2.86 bits per heavy atom. The van der Waals surface area contributed by atoms with Gasteiger partial charge in [-0.25, -0.2) is 0 Å². The number of hydrogen-bond acceptors (Lipinski definition) is 4. The molecule has 0 amide bonds. The number of hydrogen-bond donors (Lipinski definition) is 1. The Labute approximate surface area is 127 Å². The van der Waals surface area contributed by atoms with E-state index in [-0.39, 0.29) is 6.10 Å². The van der Waals surface area contributed by atoms with Crippen LogP contribution in [0.15, 0.2) is 18.2 Å². The zero-order valence-corrected chi connectivity index (χ0v) is 13.4. The highest BCUT2D eigenvalue weighted by Gasteiger charge is 2.23. The Balaban J connectivity index is 2.00. The summed E-state index contributed by atoms with van der Waals surface area (Å²) in [5.41, 5.74) is 1.13. The van der Waals surface area contributed by atoms with Gasteiger partial charge in [-0.15, -0.1) is 0 Å². The lowest BCUT2D eigenvalue weighted by Crippen LogP contribution is -2.20. The number of benzene rings is 1. The molecule has 1 N–H and O–H groups in total. The Morgan fingerprint density at radius 2 is 2.19 bits per heavy atom. The molecule has 0 saturated carbocycles. The number of rotatable bonds is 8. The van der Waals surface area contributed by atoms with Crippen molar-refractivity contribution in [1.82, 2.24) is 5.32 Å². The fourth-order valence-electron chi connectivity index (χ4n) is 2.61. The Bertz CT molecular complexity index is 436. The number of nitrogens with one attached hydrogen (secondary N) is 1. The summed E-state index contributed by atoms with van der Waals surface area (Å²) < 4.78 is 17.3. The van der Waals surface area contributed by atoms with Gasteiger partial charge in [-0.3, -0.25) is 0 Å². The van der Waals surface area contributed by atoms with E-state index in [9.17, 15) is 0 Å². The average molecular weight is 293 g/mol. The van der Waals surface area contributed by atoms with Crippen LogP contribution in [0.2, 0.25) is 0 Å². The standard InChI is InChI=1S/C17H27NO3/c1-4-10-18-11-14-6-5-7-16(19-3)17(14)20-12-15-9-8-13(2)21-15/h5-7,13,15,18H,4,8-12H2,1-3H3. The first kappa shape index (κ1) is 16.1. The van der Waals surface area contributed by atoms with Crippen molar-refractivity contribution in [1.29, 1.82) is 0 Å². The Kier molecular flexibility index (Phi) is 6.33. The SMILES string of the molecule is CCCNCc1cccc(OC)c1OCC1CCC(C)O1. The van der Waals surface area contributed by atoms with Gasteiger partial charge in [0.05, 0.1) is 19.3 Å². The molecule has 0 radical (unpaired) electrons. The van der Waals surface area contributed by atoms with Crippen molar-refractivity contribution in [2.75, 3.05) is 20.3 Å². The molecule has 0 aromatic heterocycles. The molecule has 1 saturated heterocycles. The molecule has 4 heteroatoms. The van der Waals surface area contributed by atoms with Gasteiger partial charge in [0, 0.05) is 12.1 Å². The van der Waals surface area contributed by atoms with E-state index >= 15 is 0 Å². The van der Waals surface area contributed by atoms with Gasteiger partial charge in [0.1, 0.15) is 6.61 Å². The number of para-hydroxylation sites is 1. The summed E-state index contributed by atoms with van der Waals surface area (Å²) >= 11 is 0. The van der Waals surface area contributed by atoms with Gasteiger partial charge in [-0.2, -0.15) is 0 Å². The molecule has 1 aromatic rings. The fourth-order valence-corrected chi connectivity index (χ4v) is 2.61. The van der Waals surface area contributed by atoms with Gasteiger partial charge in [-0.1, -0.05) is 19.1 Å². The van der Waals surface area contributed by atoms with Crippen LogP contribution in [0.3, 0.4) is 0 Å². The van der Waals surface area contributed by atoms with E-state index in [4.69, 9.17) is 14.2 Å². The highest BCUT2D eigenvalue weighted by Crippen LogP contribution is 2.32. The summed E-state index contributed by atoms with van der Waals surface area (Å²) in [6, 6.07) is 6.03. The minimum Gasteiger partial charge on any atom is -0.493 e. The van der Waals surface area contributed by atoms with E-state index in [1.807, 2.05) is 12.1 Å². The van der Waals surface area contributed by atoms with Crippen LogP contribution in [0.4, 0.5) is 0 Å². The zero-order valence-electron chi connectivity index (χ0n) is 13.4. The zero-order chi connectivity index (χ0) is 15.1. The van der Waals surface area contributed by atoms with Crippen LogP contribution in [0.1, 0.15) is 38.7 Å². The van der Waals surface area contributed by atoms with E-state index in [1.165, 1.54) is 0 Å². The summed E-state index contributed by atoms with van der Waals surface area (Å²) in [4.78, 5) is 0. The monoisotopic (exact) mass is 293 g/mol. The molecule has 2 atom stereocenters. The van der Waals surface area contributed by atoms with Gasteiger partial charge in [-0.05, 0) is 38.8 Å². The third-order valence-electron chi connectivity index (χ3n) is 3.76. The molecule has 118 valence electrons. The molecular weight excluding hydrogens is 266 g/mol. The van der Waals surface area contributed by atoms with Crippen molar-refractivity contribution in [3.63, 3.8) is 0 Å². The van der Waals surface area contributed by atoms with E-state index in [0.29, 0.717) is 12.7 Å². The van der Waals surface area contributed by atoms with Gasteiger partial charge >= 0.3 is 0 Å². The summed E-state index contributed by atoms with van der Waals surface area (Å²) in [6.45, 7) is 6.66. The molecule has 4 nitrogen and oxygen atoms in total. The molecule has 1 aromatic carbocycles. The maximum Gasteiger partial charge on any atom is 0.165 e. The van der Waals surface area contributed by atoms with E-state index in [0.717, 1.165) is 49.4 Å². The quantitative estimate of drug-likeness (QED) is 0.748. The van der Waals surface area contributed by atoms with Crippen molar-refractivity contribution in [3.8, 4) is 11.5 Å². The van der Waals surface area contributed by atoms with Crippen molar-refractivity contribution >= 4 is 0 Å². The van der Waals surface area contributed by atoms with Crippen LogP contribution >= 0.6 is 0 Å². The first-order chi connectivity index (χ1) is 10.2. The van der Waals surface area contributed by atoms with E-state index in [2.05, 4.69) is 25.2 Å².